The van der Waals surface area contributed by atoms with Gasteiger partial charge in [0.15, 0.2) is 5.75 Å². The van der Waals surface area contributed by atoms with Gasteiger partial charge in [-0.3, -0.25) is 0 Å². The summed E-state index contributed by atoms with van der Waals surface area (Å²) in [5.74, 6) is 1.70. The molecule has 0 bridgehead atoms. The molecule has 166 valence electrons. The van der Waals surface area contributed by atoms with Gasteiger partial charge in [-0.1, -0.05) is 30.3 Å². The molecule has 31 heavy (non-hydrogen) atoms. The van der Waals surface area contributed by atoms with Crippen LogP contribution in [0.5, 0.6) is 5.75 Å². The van der Waals surface area contributed by atoms with Crippen molar-refractivity contribution in [2.75, 3.05) is 34.4 Å². The van der Waals surface area contributed by atoms with Crippen LogP contribution in [0.3, 0.4) is 0 Å². The number of rotatable bonds is 8. The van der Waals surface area contributed by atoms with Crippen molar-refractivity contribution in [1.29, 1.82) is 0 Å². The van der Waals surface area contributed by atoms with Gasteiger partial charge in [-0.05, 0) is 47.7 Å². The van der Waals surface area contributed by atoms with Gasteiger partial charge in [-0.2, -0.15) is 0 Å². The third-order valence-corrected chi connectivity index (χ3v) is 5.84. The SMILES string of the molecule is COC(=NCc1ccc(CSc2cccc(ONC=C3CCOCC3)c2)cc1)N(C)C. The summed E-state index contributed by atoms with van der Waals surface area (Å²) in [6.07, 6.45) is 3.86. The minimum absolute atomic E-state index is 0.602. The summed E-state index contributed by atoms with van der Waals surface area (Å²) in [6, 6.07) is 17.3. The summed E-state index contributed by atoms with van der Waals surface area (Å²) in [4.78, 5) is 13.2. The van der Waals surface area contributed by atoms with Gasteiger partial charge in [0.1, 0.15) is 0 Å². The largest absolute Gasteiger partial charge is 0.468 e. The molecule has 1 fully saturated rings. The number of ether oxygens (including phenoxy) is 2. The van der Waals surface area contributed by atoms with E-state index in [2.05, 4.69) is 46.9 Å². The van der Waals surface area contributed by atoms with E-state index >= 15 is 0 Å². The van der Waals surface area contributed by atoms with E-state index in [1.54, 1.807) is 18.9 Å². The maximum absolute atomic E-state index is 5.68. The molecule has 6 nitrogen and oxygen atoms in total. The molecule has 0 aromatic heterocycles. The topological polar surface area (TPSA) is 55.3 Å². The molecule has 0 atom stereocenters. The monoisotopic (exact) mass is 441 g/mol. The Morgan fingerprint density at radius 1 is 1.13 bits per heavy atom. The summed E-state index contributed by atoms with van der Waals surface area (Å²) in [5.41, 5.74) is 6.71. The number of aliphatic imine (C=N–C) groups is 1. The van der Waals surface area contributed by atoms with Crippen molar-refractivity contribution in [3.8, 4) is 5.75 Å². The molecule has 0 aliphatic carbocycles. The molecule has 1 heterocycles. The van der Waals surface area contributed by atoms with Crippen LogP contribution in [0.25, 0.3) is 0 Å². The van der Waals surface area contributed by atoms with E-state index in [-0.39, 0.29) is 0 Å². The molecule has 2 aromatic rings. The molecule has 0 unspecified atom stereocenters. The Morgan fingerprint density at radius 2 is 1.87 bits per heavy atom. The Kier molecular flexibility index (Phi) is 9.12. The lowest BCUT2D eigenvalue weighted by Gasteiger charge is -2.15. The first-order valence-electron chi connectivity index (χ1n) is 10.4. The molecule has 1 aliphatic heterocycles. The molecule has 0 saturated carbocycles. The fourth-order valence-electron chi connectivity index (χ4n) is 3.04. The van der Waals surface area contributed by atoms with E-state index in [9.17, 15) is 0 Å². The number of methoxy groups -OCH3 is 1. The maximum Gasteiger partial charge on any atom is 0.286 e. The standard InChI is InChI=1S/C24H31N3O3S/c1-27(2)24(28-3)25-16-19-7-9-21(10-8-19)18-31-23-6-4-5-22(15-23)30-26-17-20-11-13-29-14-12-20/h4-10,15,17,26H,11-14,16,18H2,1-3H3. The predicted molar refractivity (Wildman–Crippen MR) is 126 cm³/mol. The highest BCUT2D eigenvalue weighted by atomic mass is 32.2. The summed E-state index contributed by atoms with van der Waals surface area (Å²) in [7, 11) is 5.48. The molecule has 1 aliphatic rings. The normalized spacial score (nSPS) is 14.2. The number of hydroxylamine groups is 1. The zero-order valence-corrected chi connectivity index (χ0v) is 19.3. The average molecular weight is 442 g/mol. The Labute approximate surface area is 189 Å². The van der Waals surface area contributed by atoms with Crippen molar-refractivity contribution in [2.24, 2.45) is 4.99 Å². The van der Waals surface area contributed by atoms with Gasteiger partial charge in [0.25, 0.3) is 6.02 Å². The predicted octanol–water partition coefficient (Wildman–Crippen LogP) is 4.62. The second kappa shape index (κ2) is 12.3. The van der Waals surface area contributed by atoms with Gasteiger partial charge in [-0.15, -0.1) is 11.8 Å². The molecule has 1 N–H and O–H groups in total. The first kappa shape index (κ1) is 23.0. The van der Waals surface area contributed by atoms with Crippen LogP contribution in [-0.4, -0.2) is 45.3 Å². The number of benzene rings is 2. The van der Waals surface area contributed by atoms with Gasteiger partial charge in [0, 0.05) is 30.9 Å². The fraction of sp³-hybridized carbons (Fsp3) is 0.375. The van der Waals surface area contributed by atoms with E-state index < -0.39 is 0 Å². The van der Waals surface area contributed by atoms with Crippen LogP contribution in [0.2, 0.25) is 0 Å². The third-order valence-electron chi connectivity index (χ3n) is 4.77. The van der Waals surface area contributed by atoms with Gasteiger partial charge < -0.3 is 19.2 Å². The van der Waals surface area contributed by atoms with Crippen LogP contribution in [0.4, 0.5) is 0 Å². The Morgan fingerprint density at radius 3 is 2.58 bits per heavy atom. The first-order chi connectivity index (χ1) is 15.1. The summed E-state index contributed by atoms with van der Waals surface area (Å²) >= 11 is 1.79. The Balaban J connectivity index is 1.48. The van der Waals surface area contributed by atoms with E-state index in [1.807, 2.05) is 37.3 Å². The highest BCUT2D eigenvalue weighted by molar-refractivity contribution is 7.98. The van der Waals surface area contributed by atoms with Gasteiger partial charge in [0.05, 0.1) is 26.9 Å². The number of amidine groups is 1. The van der Waals surface area contributed by atoms with Crippen molar-refractivity contribution in [1.82, 2.24) is 10.4 Å². The van der Waals surface area contributed by atoms with Crippen molar-refractivity contribution >= 4 is 17.8 Å². The molecule has 0 amide bonds. The van der Waals surface area contributed by atoms with E-state index in [0.717, 1.165) is 43.1 Å². The lowest BCUT2D eigenvalue weighted by Crippen LogP contribution is -2.23. The second-order valence-electron chi connectivity index (χ2n) is 7.41. The highest BCUT2D eigenvalue weighted by Crippen LogP contribution is 2.26. The van der Waals surface area contributed by atoms with Crippen LogP contribution < -0.4 is 10.3 Å². The molecule has 0 radical (unpaired) electrons. The van der Waals surface area contributed by atoms with Crippen LogP contribution in [0.15, 0.2) is 70.2 Å². The lowest BCUT2D eigenvalue weighted by atomic mass is 10.1. The second-order valence-corrected chi connectivity index (χ2v) is 8.46. The van der Waals surface area contributed by atoms with Crippen LogP contribution in [0, 0.1) is 0 Å². The molecule has 0 spiro atoms. The number of nitrogens with zero attached hydrogens (tertiary/aromatic N) is 2. The molecule has 7 heteroatoms. The van der Waals surface area contributed by atoms with E-state index in [0.29, 0.717) is 12.6 Å². The van der Waals surface area contributed by atoms with Crippen molar-refractivity contribution in [2.45, 2.75) is 30.0 Å². The number of hydrogen-bond donors (Lipinski definition) is 1. The first-order valence-corrected chi connectivity index (χ1v) is 11.4. The molecule has 1 saturated heterocycles. The average Bonchev–Trinajstić information content (AvgIpc) is 2.80. The minimum Gasteiger partial charge on any atom is -0.468 e. The third kappa shape index (κ3) is 7.84. The maximum atomic E-state index is 5.68. The smallest absolute Gasteiger partial charge is 0.286 e. The highest BCUT2D eigenvalue weighted by Gasteiger charge is 2.05. The van der Waals surface area contributed by atoms with Crippen LogP contribution in [-0.2, 0) is 21.8 Å². The molecule has 3 rings (SSSR count). The van der Waals surface area contributed by atoms with Crippen LogP contribution >= 0.6 is 11.8 Å². The quantitative estimate of drug-likeness (QED) is 0.279. The number of nitrogens with one attached hydrogen (secondary N) is 1. The van der Waals surface area contributed by atoms with Crippen LogP contribution in [0.1, 0.15) is 24.0 Å². The zero-order chi connectivity index (χ0) is 21.9. The minimum atomic E-state index is 0.602. The van der Waals surface area contributed by atoms with E-state index in [1.165, 1.54) is 16.0 Å². The molecular formula is C24H31N3O3S. The summed E-state index contributed by atoms with van der Waals surface area (Å²) in [6.45, 7) is 2.18. The zero-order valence-electron chi connectivity index (χ0n) is 18.5. The Bertz CT molecular complexity index is 874. The molecule has 2 aromatic carbocycles. The van der Waals surface area contributed by atoms with Crippen molar-refractivity contribution in [3.05, 3.63) is 71.4 Å². The fourth-order valence-corrected chi connectivity index (χ4v) is 3.94. The van der Waals surface area contributed by atoms with Gasteiger partial charge in [0.2, 0.25) is 0 Å². The Hall–Kier alpha value is -2.64. The van der Waals surface area contributed by atoms with Gasteiger partial charge in [-0.25, -0.2) is 10.5 Å². The molecular weight excluding hydrogens is 410 g/mol. The number of hydrogen-bond acceptors (Lipinski definition) is 6. The van der Waals surface area contributed by atoms with Gasteiger partial charge >= 0.3 is 0 Å². The summed E-state index contributed by atoms with van der Waals surface area (Å²) in [5, 5.41) is 0. The van der Waals surface area contributed by atoms with E-state index in [4.69, 9.17) is 14.3 Å². The van der Waals surface area contributed by atoms with Crippen molar-refractivity contribution < 1.29 is 14.3 Å². The number of thioether (sulfide) groups is 1. The lowest BCUT2D eigenvalue weighted by molar-refractivity contribution is 0.117. The summed E-state index contributed by atoms with van der Waals surface area (Å²) < 4.78 is 10.6. The van der Waals surface area contributed by atoms with Crippen molar-refractivity contribution in [3.63, 3.8) is 0 Å².